The van der Waals surface area contributed by atoms with E-state index < -0.39 is 0 Å². The molecule has 0 radical (unpaired) electrons. The van der Waals surface area contributed by atoms with E-state index in [9.17, 15) is 9.70 Å². The van der Waals surface area contributed by atoms with E-state index >= 15 is 0 Å². The quantitative estimate of drug-likeness (QED) is 0.831. The number of anilines is 1. The first-order chi connectivity index (χ1) is 8.69. The van der Waals surface area contributed by atoms with Crippen molar-refractivity contribution in [2.24, 2.45) is 5.18 Å². The highest BCUT2D eigenvalue weighted by atomic mass is 16.3. The van der Waals surface area contributed by atoms with E-state index in [4.69, 9.17) is 0 Å². The third-order valence-corrected chi connectivity index (χ3v) is 2.51. The van der Waals surface area contributed by atoms with Crippen molar-refractivity contribution in [3.8, 4) is 11.1 Å². The minimum atomic E-state index is -0.0934. The van der Waals surface area contributed by atoms with Gasteiger partial charge in [0.2, 0.25) is 5.91 Å². The van der Waals surface area contributed by atoms with Crippen LogP contribution in [0.2, 0.25) is 0 Å². The van der Waals surface area contributed by atoms with E-state index in [1.807, 2.05) is 36.4 Å². The van der Waals surface area contributed by atoms with Crippen molar-refractivity contribution in [2.75, 3.05) is 5.32 Å². The number of nitroso groups, excluding NO2 is 1. The van der Waals surface area contributed by atoms with Crippen LogP contribution in [0.1, 0.15) is 6.92 Å². The average Bonchev–Trinajstić information content (AvgIpc) is 2.39. The predicted molar refractivity (Wildman–Crippen MR) is 71.6 cm³/mol. The Balaban J connectivity index is 2.22. The number of carbonyl (C=O) groups excluding carboxylic acids is 1. The summed E-state index contributed by atoms with van der Waals surface area (Å²) in [4.78, 5) is 21.2. The molecule has 0 saturated carbocycles. The molecule has 0 fully saturated rings. The maximum absolute atomic E-state index is 10.9. The molecule has 0 aliphatic carbocycles. The molecule has 0 bridgehead atoms. The molecule has 0 aromatic heterocycles. The Bertz CT molecular complexity index is 559. The molecule has 2 aromatic rings. The number of hydrogen-bond acceptors (Lipinski definition) is 3. The van der Waals surface area contributed by atoms with Gasteiger partial charge in [-0.25, -0.2) is 0 Å². The first kappa shape index (κ1) is 12.0. The SMILES string of the molecule is CC(=O)Nc1ccc(-c2ccc(N=O)cc2)cc1. The zero-order valence-corrected chi connectivity index (χ0v) is 9.88. The number of nitrogens with one attached hydrogen (secondary N) is 1. The highest BCUT2D eigenvalue weighted by molar-refractivity contribution is 5.89. The number of amides is 1. The Kier molecular flexibility index (Phi) is 3.48. The molecule has 0 spiro atoms. The summed E-state index contributed by atoms with van der Waals surface area (Å²) in [6.07, 6.45) is 0. The number of rotatable bonds is 3. The van der Waals surface area contributed by atoms with Crippen LogP contribution >= 0.6 is 0 Å². The third kappa shape index (κ3) is 2.79. The average molecular weight is 240 g/mol. The molecule has 0 unspecified atom stereocenters. The zero-order chi connectivity index (χ0) is 13.0. The summed E-state index contributed by atoms with van der Waals surface area (Å²) in [6.45, 7) is 1.47. The summed E-state index contributed by atoms with van der Waals surface area (Å²) in [6, 6.07) is 14.5. The molecule has 1 N–H and O–H groups in total. The Labute approximate surface area is 105 Å². The van der Waals surface area contributed by atoms with Crippen LogP contribution in [0.3, 0.4) is 0 Å². The first-order valence-corrected chi connectivity index (χ1v) is 5.50. The van der Waals surface area contributed by atoms with E-state index in [1.165, 1.54) is 6.92 Å². The van der Waals surface area contributed by atoms with Crippen molar-refractivity contribution in [1.82, 2.24) is 0 Å². The van der Waals surface area contributed by atoms with Gasteiger partial charge >= 0.3 is 0 Å². The van der Waals surface area contributed by atoms with E-state index in [-0.39, 0.29) is 5.91 Å². The van der Waals surface area contributed by atoms with E-state index in [1.54, 1.807) is 12.1 Å². The van der Waals surface area contributed by atoms with E-state index in [0.29, 0.717) is 5.69 Å². The summed E-state index contributed by atoms with van der Waals surface area (Å²) in [5, 5.41) is 5.56. The molecule has 0 saturated heterocycles. The summed E-state index contributed by atoms with van der Waals surface area (Å²) in [7, 11) is 0. The molecule has 4 heteroatoms. The van der Waals surface area contributed by atoms with Gasteiger partial charge in [0, 0.05) is 12.6 Å². The van der Waals surface area contributed by atoms with Crippen LogP contribution in [0.15, 0.2) is 53.7 Å². The van der Waals surface area contributed by atoms with Gasteiger partial charge in [0.05, 0.1) is 0 Å². The lowest BCUT2D eigenvalue weighted by molar-refractivity contribution is -0.114. The Hall–Kier alpha value is -2.49. The molecular formula is C14H12N2O2. The molecule has 0 atom stereocenters. The van der Waals surface area contributed by atoms with Crippen LogP contribution in [0.25, 0.3) is 11.1 Å². The fraction of sp³-hybridized carbons (Fsp3) is 0.0714. The second-order valence-corrected chi connectivity index (χ2v) is 3.90. The molecule has 2 rings (SSSR count). The van der Waals surface area contributed by atoms with Crippen LogP contribution in [0.4, 0.5) is 11.4 Å². The van der Waals surface area contributed by atoms with Crippen molar-refractivity contribution < 1.29 is 4.79 Å². The highest BCUT2D eigenvalue weighted by Crippen LogP contribution is 2.23. The molecule has 90 valence electrons. The molecule has 18 heavy (non-hydrogen) atoms. The molecule has 0 aliphatic rings. The molecule has 4 nitrogen and oxygen atoms in total. The van der Waals surface area contributed by atoms with Crippen LogP contribution in [-0.2, 0) is 4.79 Å². The largest absolute Gasteiger partial charge is 0.326 e. The van der Waals surface area contributed by atoms with E-state index in [0.717, 1.165) is 16.8 Å². The van der Waals surface area contributed by atoms with Crippen LogP contribution in [0, 0.1) is 4.91 Å². The fourth-order valence-electron chi connectivity index (χ4n) is 1.66. The molecule has 1 amide bonds. The second-order valence-electron chi connectivity index (χ2n) is 3.90. The zero-order valence-electron chi connectivity index (χ0n) is 9.88. The Morgan fingerprint density at radius 1 is 0.944 bits per heavy atom. The maximum atomic E-state index is 10.9. The second kappa shape index (κ2) is 5.23. The van der Waals surface area contributed by atoms with Crippen molar-refractivity contribution in [3.63, 3.8) is 0 Å². The highest BCUT2D eigenvalue weighted by Gasteiger charge is 1.99. The Morgan fingerprint density at radius 2 is 1.44 bits per heavy atom. The van der Waals surface area contributed by atoms with Crippen molar-refractivity contribution in [1.29, 1.82) is 0 Å². The van der Waals surface area contributed by atoms with Crippen LogP contribution in [-0.4, -0.2) is 5.91 Å². The summed E-state index contributed by atoms with van der Waals surface area (Å²) >= 11 is 0. The van der Waals surface area contributed by atoms with Gasteiger partial charge in [0.1, 0.15) is 5.69 Å². The van der Waals surface area contributed by atoms with Gasteiger partial charge in [-0.05, 0) is 40.6 Å². The van der Waals surface area contributed by atoms with Gasteiger partial charge < -0.3 is 5.32 Å². The number of hydrogen-bond donors (Lipinski definition) is 1. The minimum absolute atomic E-state index is 0.0934. The number of carbonyl (C=O) groups is 1. The molecule has 2 aromatic carbocycles. The smallest absolute Gasteiger partial charge is 0.221 e. The summed E-state index contributed by atoms with van der Waals surface area (Å²) < 4.78 is 0. The number of benzene rings is 2. The monoisotopic (exact) mass is 240 g/mol. The maximum Gasteiger partial charge on any atom is 0.221 e. The number of nitrogens with zero attached hydrogens (tertiary/aromatic N) is 1. The molecule has 0 aliphatic heterocycles. The van der Waals surface area contributed by atoms with Gasteiger partial charge in [-0.1, -0.05) is 24.3 Å². The standard InChI is InChI=1S/C14H12N2O2/c1-10(17)15-13-6-2-11(3-7-13)12-4-8-14(16-18)9-5-12/h2-9H,1H3,(H,15,17). The molecular weight excluding hydrogens is 228 g/mol. The first-order valence-electron chi connectivity index (χ1n) is 5.50. The van der Waals surface area contributed by atoms with Crippen molar-refractivity contribution in [3.05, 3.63) is 53.4 Å². The van der Waals surface area contributed by atoms with Gasteiger partial charge in [-0.15, -0.1) is 4.91 Å². The van der Waals surface area contributed by atoms with Crippen LogP contribution < -0.4 is 5.32 Å². The minimum Gasteiger partial charge on any atom is -0.326 e. The normalized spacial score (nSPS) is 9.83. The third-order valence-electron chi connectivity index (χ3n) is 2.51. The van der Waals surface area contributed by atoms with Crippen LogP contribution in [0.5, 0.6) is 0 Å². The van der Waals surface area contributed by atoms with Gasteiger partial charge in [0.15, 0.2) is 0 Å². The molecule has 0 heterocycles. The predicted octanol–water partition coefficient (Wildman–Crippen LogP) is 3.71. The fourth-order valence-corrected chi connectivity index (χ4v) is 1.66. The van der Waals surface area contributed by atoms with Gasteiger partial charge in [0.25, 0.3) is 0 Å². The van der Waals surface area contributed by atoms with Crippen molar-refractivity contribution >= 4 is 17.3 Å². The summed E-state index contributed by atoms with van der Waals surface area (Å²) in [5.74, 6) is -0.0934. The van der Waals surface area contributed by atoms with Gasteiger partial charge in [-0.2, -0.15) is 0 Å². The van der Waals surface area contributed by atoms with Gasteiger partial charge in [-0.3, -0.25) is 4.79 Å². The lowest BCUT2D eigenvalue weighted by atomic mass is 10.1. The summed E-state index contributed by atoms with van der Waals surface area (Å²) in [5.41, 5.74) is 3.18. The van der Waals surface area contributed by atoms with E-state index in [2.05, 4.69) is 10.5 Å². The topological polar surface area (TPSA) is 58.5 Å². The lowest BCUT2D eigenvalue weighted by Crippen LogP contribution is -2.05. The Morgan fingerprint density at radius 3 is 1.89 bits per heavy atom. The van der Waals surface area contributed by atoms with Crippen molar-refractivity contribution in [2.45, 2.75) is 6.92 Å². The lowest BCUT2D eigenvalue weighted by Gasteiger charge is -2.05.